The number of aryl methyl sites for hydroxylation is 1. The average Bonchev–Trinajstić information content (AvgIpc) is 3.28. The van der Waals surface area contributed by atoms with Crippen molar-refractivity contribution in [3.05, 3.63) is 54.1 Å². The molecule has 1 aliphatic heterocycles. The number of aromatic nitrogens is 2. The molecule has 3 aromatic rings. The number of imidazole rings is 1. The maximum atomic E-state index is 5.74. The van der Waals surface area contributed by atoms with Gasteiger partial charge in [0, 0.05) is 18.7 Å². The van der Waals surface area contributed by atoms with Crippen molar-refractivity contribution in [3.63, 3.8) is 0 Å². The lowest BCUT2D eigenvalue weighted by atomic mass is 10.1. The molecule has 1 aromatic heterocycles. The number of hydrogen-bond acceptors (Lipinski definition) is 3. The molecule has 0 saturated carbocycles. The molecule has 0 unspecified atom stereocenters. The minimum atomic E-state index is 0.695. The van der Waals surface area contributed by atoms with Crippen molar-refractivity contribution < 1.29 is 0 Å². The third-order valence-corrected chi connectivity index (χ3v) is 5.06. The van der Waals surface area contributed by atoms with Crippen molar-refractivity contribution in [2.24, 2.45) is 5.73 Å². The SMILES string of the molecule is NCCCn1c(-c2ccc(CN3CCCC3)cc2)nc2ccccc21. The van der Waals surface area contributed by atoms with Crippen LogP contribution >= 0.6 is 0 Å². The molecule has 0 bridgehead atoms. The Morgan fingerprint density at radius 1 is 0.960 bits per heavy atom. The quantitative estimate of drug-likeness (QED) is 0.748. The molecule has 25 heavy (non-hydrogen) atoms. The molecule has 0 spiro atoms. The second kappa shape index (κ2) is 7.38. The summed E-state index contributed by atoms with van der Waals surface area (Å²) >= 11 is 0. The molecule has 1 fully saturated rings. The number of likely N-dealkylation sites (tertiary alicyclic amines) is 1. The molecule has 130 valence electrons. The number of fused-ring (bicyclic) bond motifs is 1. The van der Waals surface area contributed by atoms with Crippen molar-refractivity contribution in [2.75, 3.05) is 19.6 Å². The van der Waals surface area contributed by atoms with E-state index in [1.165, 1.54) is 42.6 Å². The Balaban J connectivity index is 1.63. The number of benzene rings is 2. The van der Waals surface area contributed by atoms with Gasteiger partial charge in [0.25, 0.3) is 0 Å². The van der Waals surface area contributed by atoms with Gasteiger partial charge in [0.05, 0.1) is 11.0 Å². The fourth-order valence-corrected chi connectivity index (χ4v) is 3.73. The van der Waals surface area contributed by atoms with Gasteiger partial charge in [-0.15, -0.1) is 0 Å². The minimum Gasteiger partial charge on any atom is -0.330 e. The summed E-state index contributed by atoms with van der Waals surface area (Å²) in [5, 5.41) is 0. The number of nitrogens with two attached hydrogens (primary N) is 1. The molecule has 0 aliphatic carbocycles. The van der Waals surface area contributed by atoms with Gasteiger partial charge in [0.1, 0.15) is 5.82 Å². The molecule has 0 amide bonds. The van der Waals surface area contributed by atoms with Crippen LogP contribution in [0.25, 0.3) is 22.4 Å². The second-order valence-electron chi connectivity index (χ2n) is 6.90. The van der Waals surface area contributed by atoms with Crippen molar-refractivity contribution in [2.45, 2.75) is 32.4 Å². The fraction of sp³-hybridized carbons (Fsp3) is 0.381. The van der Waals surface area contributed by atoms with Crippen LogP contribution < -0.4 is 5.73 Å². The van der Waals surface area contributed by atoms with E-state index in [4.69, 9.17) is 10.7 Å². The van der Waals surface area contributed by atoms with E-state index in [0.717, 1.165) is 30.9 Å². The van der Waals surface area contributed by atoms with E-state index in [1.807, 2.05) is 6.07 Å². The summed E-state index contributed by atoms with van der Waals surface area (Å²) in [6, 6.07) is 17.3. The Bertz CT molecular complexity index is 829. The van der Waals surface area contributed by atoms with Crippen molar-refractivity contribution in [1.29, 1.82) is 0 Å². The summed E-state index contributed by atoms with van der Waals surface area (Å²) in [5.41, 5.74) is 10.5. The molecule has 0 radical (unpaired) electrons. The standard InChI is InChI=1S/C21H26N4/c22-12-5-15-25-20-7-2-1-6-19(20)23-21(25)18-10-8-17(9-11-18)16-24-13-3-4-14-24/h1-2,6-11H,3-5,12-16,22H2. The van der Waals surface area contributed by atoms with E-state index in [0.29, 0.717) is 6.54 Å². The topological polar surface area (TPSA) is 47.1 Å². The van der Waals surface area contributed by atoms with Crippen LogP contribution in [0, 0.1) is 0 Å². The lowest BCUT2D eigenvalue weighted by molar-refractivity contribution is 0.331. The maximum Gasteiger partial charge on any atom is 0.141 e. The summed E-state index contributed by atoms with van der Waals surface area (Å²) in [6.45, 7) is 5.12. The molecule has 0 atom stereocenters. The Hall–Kier alpha value is -2.17. The Morgan fingerprint density at radius 3 is 2.48 bits per heavy atom. The van der Waals surface area contributed by atoms with Crippen LogP contribution in [0.15, 0.2) is 48.5 Å². The van der Waals surface area contributed by atoms with E-state index in [2.05, 4.69) is 51.9 Å². The van der Waals surface area contributed by atoms with Gasteiger partial charge in [-0.2, -0.15) is 0 Å². The van der Waals surface area contributed by atoms with Crippen LogP contribution in [0.2, 0.25) is 0 Å². The highest BCUT2D eigenvalue weighted by Gasteiger charge is 2.14. The largest absolute Gasteiger partial charge is 0.330 e. The van der Waals surface area contributed by atoms with Gasteiger partial charge < -0.3 is 10.3 Å². The van der Waals surface area contributed by atoms with E-state index in [1.54, 1.807) is 0 Å². The first-order valence-corrected chi connectivity index (χ1v) is 9.32. The van der Waals surface area contributed by atoms with Gasteiger partial charge in [-0.3, -0.25) is 4.90 Å². The minimum absolute atomic E-state index is 0.695. The summed E-state index contributed by atoms with van der Waals surface area (Å²) in [6.07, 6.45) is 3.63. The molecule has 4 heteroatoms. The second-order valence-corrected chi connectivity index (χ2v) is 6.90. The Labute approximate surface area is 149 Å². The zero-order valence-corrected chi connectivity index (χ0v) is 14.7. The van der Waals surface area contributed by atoms with E-state index in [-0.39, 0.29) is 0 Å². The van der Waals surface area contributed by atoms with Crippen molar-refractivity contribution in [1.82, 2.24) is 14.5 Å². The van der Waals surface area contributed by atoms with Gasteiger partial charge in [0.15, 0.2) is 0 Å². The predicted octanol–water partition coefficient (Wildman–Crippen LogP) is 3.65. The molecule has 2 heterocycles. The van der Waals surface area contributed by atoms with Crippen LogP contribution in [-0.4, -0.2) is 34.1 Å². The van der Waals surface area contributed by atoms with E-state index in [9.17, 15) is 0 Å². The zero-order chi connectivity index (χ0) is 17.1. The molecule has 4 rings (SSSR count). The smallest absolute Gasteiger partial charge is 0.141 e. The summed E-state index contributed by atoms with van der Waals surface area (Å²) in [4.78, 5) is 7.41. The van der Waals surface area contributed by atoms with Crippen molar-refractivity contribution >= 4 is 11.0 Å². The summed E-state index contributed by atoms with van der Waals surface area (Å²) in [7, 11) is 0. The van der Waals surface area contributed by atoms with Crippen LogP contribution in [0.5, 0.6) is 0 Å². The van der Waals surface area contributed by atoms with Crippen LogP contribution in [0.1, 0.15) is 24.8 Å². The number of rotatable bonds is 6. The molecule has 2 aromatic carbocycles. The lowest BCUT2D eigenvalue weighted by Gasteiger charge is -2.15. The Morgan fingerprint density at radius 2 is 1.72 bits per heavy atom. The Kier molecular flexibility index (Phi) is 4.81. The first-order valence-electron chi connectivity index (χ1n) is 9.32. The normalized spacial score (nSPS) is 15.2. The highest BCUT2D eigenvalue weighted by Crippen LogP contribution is 2.26. The highest BCUT2D eigenvalue weighted by molar-refractivity contribution is 5.80. The molecule has 2 N–H and O–H groups in total. The molecular weight excluding hydrogens is 308 g/mol. The van der Waals surface area contributed by atoms with E-state index < -0.39 is 0 Å². The van der Waals surface area contributed by atoms with Gasteiger partial charge in [0.2, 0.25) is 0 Å². The van der Waals surface area contributed by atoms with Gasteiger partial charge in [-0.05, 0) is 56.6 Å². The third-order valence-electron chi connectivity index (χ3n) is 5.06. The van der Waals surface area contributed by atoms with Gasteiger partial charge >= 0.3 is 0 Å². The average molecular weight is 334 g/mol. The third kappa shape index (κ3) is 3.46. The molecule has 1 aliphatic rings. The maximum absolute atomic E-state index is 5.74. The van der Waals surface area contributed by atoms with Crippen LogP contribution in [0.3, 0.4) is 0 Å². The van der Waals surface area contributed by atoms with Crippen molar-refractivity contribution in [3.8, 4) is 11.4 Å². The molecular formula is C21H26N4. The number of hydrogen-bond donors (Lipinski definition) is 1. The lowest BCUT2D eigenvalue weighted by Crippen LogP contribution is -2.18. The first-order chi connectivity index (χ1) is 12.3. The number of nitrogens with zero attached hydrogens (tertiary/aromatic N) is 3. The first kappa shape index (κ1) is 16.3. The summed E-state index contributed by atoms with van der Waals surface area (Å²) < 4.78 is 2.30. The van der Waals surface area contributed by atoms with Gasteiger partial charge in [-0.1, -0.05) is 36.4 Å². The zero-order valence-electron chi connectivity index (χ0n) is 14.7. The fourth-order valence-electron chi connectivity index (χ4n) is 3.73. The summed E-state index contributed by atoms with van der Waals surface area (Å²) in [5.74, 6) is 1.04. The predicted molar refractivity (Wildman–Crippen MR) is 103 cm³/mol. The van der Waals surface area contributed by atoms with Crippen LogP contribution in [-0.2, 0) is 13.1 Å². The monoisotopic (exact) mass is 334 g/mol. The van der Waals surface area contributed by atoms with Crippen LogP contribution in [0.4, 0.5) is 0 Å². The molecule has 1 saturated heterocycles. The highest BCUT2D eigenvalue weighted by atomic mass is 15.1. The number of para-hydroxylation sites is 2. The van der Waals surface area contributed by atoms with Gasteiger partial charge in [-0.25, -0.2) is 4.98 Å². The molecule has 4 nitrogen and oxygen atoms in total. The van der Waals surface area contributed by atoms with E-state index >= 15 is 0 Å².